The highest BCUT2D eigenvalue weighted by Gasteiger charge is 2.23. The lowest BCUT2D eigenvalue weighted by Crippen LogP contribution is -2.22. The number of rotatable bonds is 6. The molecule has 0 N–H and O–H groups in total. The van der Waals surface area contributed by atoms with Crippen molar-refractivity contribution in [2.45, 2.75) is 45.8 Å². The van der Waals surface area contributed by atoms with Crippen molar-refractivity contribution in [2.75, 3.05) is 13.7 Å². The van der Waals surface area contributed by atoms with Gasteiger partial charge in [0.25, 0.3) is 0 Å². The Morgan fingerprint density at radius 3 is 2.33 bits per heavy atom. The average molecular weight is 258 g/mol. The highest BCUT2D eigenvalue weighted by molar-refractivity contribution is 5.71. The minimum absolute atomic E-state index is 0.0815. The molecule has 1 heterocycles. The zero-order chi connectivity index (χ0) is 13.5. The van der Waals surface area contributed by atoms with E-state index in [1.807, 2.05) is 13.8 Å². The Hall–Kier alpha value is -1.10. The van der Waals surface area contributed by atoms with Crippen molar-refractivity contribution < 1.29 is 23.8 Å². The van der Waals surface area contributed by atoms with Crippen LogP contribution in [-0.2, 0) is 23.8 Å². The predicted molar refractivity (Wildman–Crippen MR) is 64.6 cm³/mol. The van der Waals surface area contributed by atoms with Crippen molar-refractivity contribution in [3.05, 3.63) is 0 Å². The van der Waals surface area contributed by atoms with Crippen LogP contribution in [0.2, 0.25) is 0 Å². The summed E-state index contributed by atoms with van der Waals surface area (Å²) in [5, 5.41) is 0. The fraction of sp³-hybridized carbons (Fsp3) is 0.846. The molecule has 0 aromatic carbocycles. The molecule has 0 amide bonds. The van der Waals surface area contributed by atoms with E-state index in [2.05, 4.69) is 4.74 Å². The molecular weight excluding hydrogens is 236 g/mol. The summed E-state index contributed by atoms with van der Waals surface area (Å²) in [7, 11) is 1.37. The van der Waals surface area contributed by atoms with Gasteiger partial charge in [-0.3, -0.25) is 9.59 Å². The highest BCUT2D eigenvalue weighted by atomic mass is 16.7. The Labute approximate surface area is 108 Å². The number of carbonyl (C=O) groups is 2. The molecular formula is C13H22O5. The van der Waals surface area contributed by atoms with Crippen molar-refractivity contribution in [2.24, 2.45) is 11.8 Å². The van der Waals surface area contributed by atoms with Gasteiger partial charge in [0.2, 0.25) is 6.29 Å². The van der Waals surface area contributed by atoms with Crippen LogP contribution in [0.15, 0.2) is 0 Å². The molecule has 0 aromatic heterocycles. The van der Waals surface area contributed by atoms with Crippen molar-refractivity contribution >= 4 is 11.9 Å². The van der Waals surface area contributed by atoms with Crippen LogP contribution in [0.25, 0.3) is 0 Å². The smallest absolute Gasteiger partial charge is 0.308 e. The van der Waals surface area contributed by atoms with Gasteiger partial charge in [0.05, 0.1) is 13.7 Å². The summed E-state index contributed by atoms with van der Waals surface area (Å²) < 4.78 is 15.0. The summed E-state index contributed by atoms with van der Waals surface area (Å²) >= 11 is 0. The van der Waals surface area contributed by atoms with Gasteiger partial charge >= 0.3 is 11.9 Å². The fourth-order valence-corrected chi connectivity index (χ4v) is 1.85. The van der Waals surface area contributed by atoms with Gasteiger partial charge in [0.15, 0.2) is 0 Å². The number of methoxy groups -OCH3 is 1. The lowest BCUT2D eigenvalue weighted by Gasteiger charge is -2.19. The van der Waals surface area contributed by atoms with Crippen LogP contribution in [0.4, 0.5) is 0 Å². The molecule has 0 aliphatic carbocycles. The third kappa shape index (κ3) is 5.04. The molecule has 1 aliphatic heterocycles. The summed E-state index contributed by atoms with van der Waals surface area (Å²) in [5.41, 5.74) is 0. The third-order valence-corrected chi connectivity index (χ3v) is 3.33. The van der Waals surface area contributed by atoms with E-state index in [0.29, 0.717) is 19.4 Å². The zero-order valence-electron chi connectivity index (χ0n) is 11.3. The first-order valence-electron chi connectivity index (χ1n) is 6.40. The molecule has 3 atom stereocenters. The quantitative estimate of drug-likeness (QED) is 0.681. The van der Waals surface area contributed by atoms with Gasteiger partial charge in [-0.25, -0.2) is 0 Å². The summed E-state index contributed by atoms with van der Waals surface area (Å²) in [6.07, 6.45) is 1.97. The van der Waals surface area contributed by atoms with Gasteiger partial charge in [-0.2, -0.15) is 0 Å². The molecule has 5 heteroatoms. The van der Waals surface area contributed by atoms with E-state index >= 15 is 0 Å². The summed E-state index contributed by atoms with van der Waals surface area (Å²) in [6, 6.07) is 0. The molecule has 1 rings (SSSR count). The van der Waals surface area contributed by atoms with Crippen LogP contribution < -0.4 is 0 Å². The second-order valence-corrected chi connectivity index (χ2v) is 4.87. The monoisotopic (exact) mass is 258 g/mol. The minimum atomic E-state index is -0.374. The van der Waals surface area contributed by atoms with Crippen LogP contribution in [0.1, 0.15) is 39.5 Å². The molecule has 18 heavy (non-hydrogen) atoms. The van der Waals surface area contributed by atoms with Crippen molar-refractivity contribution in [3.63, 3.8) is 0 Å². The number of esters is 2. The Morgan fingerprint density at radius 1 is 1.22 bits per heavy atom. The molecule has 0 aromatic rings. The van der Waals surface area contributed by atoms with Crippen molar-refractivity contribution in [1.29, 1.82) is 0 Å². The second-order valence-electron chi connectivity index (χ2n) is 4.87. The Kier molecular flexibility index (Phi) is 6.12. The van der Waals surface area contributed by atoms with Gasteiger partial charge in [-0.05, 0) is 18.3 Å². The predicted octanol–water partition coefficient (Wildman–Crippen LogP) is 1.89. The lowest BCUT2D eigenvalue weighted by atomic mass is 9.90. The maximum absolute atomic E-state index is 11.7. The first-order chi connectivity index (χ1) is 8.52. The first-order valence-corrected chi connectivity index (χ1v) is 6.40. The van der Waals surface area contributed by atoms with Gasteiger partial charge in [0.1, 0.15) is 0 Å². The van der Waals surface area contributed by atoms with Crippen molar-refractivity contribution in [1.82, 2.24) is 0 Å². The van der Waals surface area contributed by atoms with Gasteiger partial charge in [0, 0.05) is 19.3 Å². The number of hydrogen-bond acceptors (Lipinski definition) is 5. The van der Waals surface area contributed by atoms with E-state index in [-0.39, 0.29) is 30.1 Å². The SMILES string of the molecule is COC(=O)CC(C)C(C)CC(=O)OC1CCCO1. The second kappa shape index (κ2) is 7.36. The highest BCUT2D eigenvalue weighted by Crippen LogP contribution is 2.21. The normalized spacial score (nSPS) is 22.3. The van der Waals surface area contributed by atoms with E-state index < -0.39 is 0 Å². The first kappa shape index (κ1) is 15.0. The van der Waals surface area contributed by atoms with Crippen LogP contribution in [0.3, 0.4) is 0 Å². The molecule has 0 saturated carbocycles. The summed E-state index contributed by atoms with van der Waals surface area (Å²) in [4.78, 5) is 22.8. The Bertz CT molecular complexity index is 283. The fourth-order valence-electron chi connectivity index (χ4n) is 1.85. The third-order valence-electron chi connectivity index (χ3n) is 3.33. The summed E-state index contributed by atoms with van der Waals surface area (Å²) in [6.45, 7) is 4.53. The van der Waals surface area contributed by atoms with Gasteiger partial charge in [-0.15, -0.1) is 0 Å². The van der Waals surface area contributed by atoms with E-state index in [0.717, 1.165) is 12.8 Å². The molecule has 5 nitrogen and oxygen atoms in total. The molecule has 0 bridgehead atoms. The van der Waals surface area contributed by atoms with E-state index in [1.54, 1.807) is 0 Å². The van der Waals surface area contributed by atoms with Gasteiger partial charge in [-0.1, -0.05) is 13.8 Å². The molecule has 3 unspecified atom stereocenters. The maximum atomic E-state index is 11.7. The van der Waals surface area contributed by atoms with Crippen LogP contribution in [0.5, 0.6) is 0 Å². The molecule has 0 spiro atoms. The largest absolute Gasteiger partial charge is 0.469 e. The minimum Gasteiger partial charge on any atom is -0.469 e. The van der Waals surface area contributed by atoms with Crippen LogP contribution in [-0.4, -0.2) is 31.9 Å². The summed E-state index contributed by atoms with van der Waals surface area (Å²) in [5.74, 6) is -0.333. The van der Waals surface area contributed by atoms with Crippen LogP contribution >= 0.6 is 0 Å². The maximum Gasteiger partial charge on any atom is 0.308 e. The number of ether oxygens (including phenoxy) is 3. The van der Waals surface area contributed by atoms with E-state index in [9.17, 15) is 9.59 Å². The average Bonchev–Trinajstić information content (AvgIpc) is 2.81. The number of hydrogen-bond donors (Lipinski definition) is 0. The number of carbonyl (C=O) groups excluding carboxylic acids is 2. The Balaban J connectivity index is 2.26. The topological polar surface area (TPSA) is 61.8 Å². The van der Waals surface area contributed by atoms with Gasteiger partial charge < -0.3 is 14.2 Å². The molecule has 1 fully saturated rings. The van der Waals surface area contributed by atoms with E-state index in [4.69, 9.17) is 9.47 Å². The van der Waals surface area contributed by atoms with Crippen molar-refractivity contribution in [3.8, 4) is 0 Å². The zero-order valence-corrected chi connectivity index (χ0v) is 11.3. The molecule has 1 saturated heterocycles. The molecule has 1 aliphatic rings. The lowest BCUT2D eigenvalue weighted by molar-refractivity contribution is -0.171. The van der Waals surface area contributed by atoms with Crippen LogP contribution in [0, 0.1) is 11.8 Å². The molecule has 104 valence electrons. The molecule has 0 radical (unpaired) electrons. The van der Waals surface area contributed by atoms with E-state index in [1.165, 1.54) is 7.11 Å². The Morgan fingerprint density at radius 2 is 1.83 bits per heavy atom. The standard InChI is InChI=1S/C13H22O5/c1-9(7-11(14)16-3)10(2)8-12(15)18-13-5-4-6-17-13/h9-10,13H,4-8H2,1-3H3.